The van der Waals surface area contributed by atoms with Crippen LogP contribution in [0, 0.1) is 0 Å². The minimum Gasteiger partial charge on any atom is -0.486 e. The molecule has 3 aliphatic heterocycles. The van der Waals surface area contributed by atoms with E-state index in [-0.39, 0.29) is 5.97 Å². The lowest BCUT2D eigenvalue weighted by Gasteiger charge is -2.32. The largest absolute Gasteiger partial charge is 0.486 e. The molecule has 3 aliphatic rings. The molecule has 0 bridgehead atoms. The summed E-state index contributed by atoms with van der Waals surface area (Å²) in [7, 11) is 0. The lowest BCUT2D eigenvalue weighted by Crippen LogP contribution is -2.31. The van der Waals surface area contributed by atoms with Gasteiger partial charge in [0.05, 0.1) is 17.9 Å². The van der Waals surface area contributed by atoms with Gasteiger partial charge in [0.1, 0.15) is 19.3 Å². The number of benzene rings is 2. The van der Waals surface area contributed by atoms with Crippen molar-refractivity contribution in [1.29, 1.82) is 0 Å². The third kappa shape index (κ3) is 3.49. The summed E-state index contributed by atoms with van der Waals surface area (Å²) in [6, 6.07) is 15.4. The van der Waals surface area contributed by atoms with Crippen LogP contribution in [0.25, 0.3) is 5.70 Å². The van der Waals surface area contributed by atoms with Crippen molar-refractivity contribution in [2.24, 2.45) is 4.99 Å². The fourth-order valence-corrected chi connectivity index (χ4v) is 4.93. The van der Waals surface area contributed by atoms with E-state index in [0.717, 1.165) is 39.2 Å². The fourth-order valence-electron chi connectivity index (χ4n) is 3.97. The van der Waals surface area contributed by atoms with E-state index in [1.165, 1.54) is 0 Å². The molecular weight excluding hydrogens is 412 g/mol. The summed E-state index contributed by atoms with van der Waals surface area (Å²) in [6.45, 7) is 5.17. The van der Waals surface area contributed by atoms with Gasteiger partial charge in [-0.25, -0.2) is 9.79 Å². The van der Waals surface area contributed by atoms with Crippen molar-refractivity contribution in [1.82, 2.24) is 4.90 Å². The molecular formula is C24H22N2O4S. The highest BCUT2D eigenvalue weighted by Crippen LogP contribution is 2.45. The number of amidine groups is 1. The summed E-state index contributed by atoms with van der Waals surface area (Å²) in [5.41, 5.74) is 4.27. The first-order chi connectivity index (χ1) is 15.2. The van der Waals surface area contributed by atoms with Crippen LogP contribution in [0.5, 0.6) is 11.5 Å². The average molecular weight is 435 g/mol. The predicted octanol–water partition coefficient (Wildman–Crippen LogP) is 4.75. The number of hydrogen-bond donors (Lipinski definition) is 0. The summed E-state index contributed by atoms with van der Waals surface area (Å²) >= 11 is 1.55. The molecule has 7 heteroatoms. The van der Waals surface area contributed by atoms with E-state index in [2.05, 4.69) is 5.41 Å². The first-order valence-corrected chi connectivity index (χ1v) is 11.1. The molecule has 2 aromatic carbocycles. The van der Waals surface area contributed by atoms with Crippen molar-refractivity contribution in [2.75, 3.05) is 19.8 Å². The van der Waals surface area contributed by atoms with Gasteiger partial charge in [-0.2, -0.15) is 0 Å². The number of rotatable bonds is 4. The van der Waals surface area contributed by atoms with Crippen molar-refractivity contribution in [2.45, 2.75) is 19.9 Å². The summed E-state index contributed by atoms with van der Waals surface area (Å²) in [5, 5.41) is 2.90. The van der Waals surface area contributed by atoms with Crippen LogP contribution in [0.1, 0.15) is 31.0 Å². The van der Waals surface area contributed by atoms with Crippen LogP contribution in [0.15, 0.2) is 70.2 Å². The molecule has 0 aliphatic carbocycles. The van der Waals surface area contributed by atoms with Crippen LogP contribution in [0.4, 0.5) is 0 Å². The molecule has 0 saturated carbocycles. The van der Waals surface area contributed by atoms with Gasteiger partial charge in [-0.1, -0.05) is 42.1 Å². The van der Waals surface area contributed by atoms with Crippen molar-refractivity contribution in [3.63, 3.8) is 0 Å². The van der Waals surface area contributed by atoms with Gasteiger partial charge in [0.2, 0.25) is 0 Å². The average Bonchev–Trinajstić information content (AvgIpc) is 3.24. The topological polar surface area (TPSA) is 60.4 Å². The number of allylic oxidation sites excluding steroid dienone is 1. The van der Waals surface area contributed by atoms with Gasteiger partial charge in [-0.05, 0) is 37.6 Å². The number of nitrogens with zero attached hydrogens (tertiary/aromatic N) is 2. The van der Waals surface area contributed by atoms with Gasteiger partial charge >= 0.3 is 5.97 Å². The third-order valence-electron chi connectivity index (χ3n) is 5.39. The molecule has 5 rings (SSSR count). The molecule has 0 radical (unpaired) electrons. The summed E-state index contributed by atoms with van der Waals surface area (Å²) in [4.78, 5) is 20.0. The predicted molar refractivity (Wildman–Crippen MR) is 121 cm³/mol. The number of carbonyl (C=O) groups is 1. The van der Waals surface area contributed by atoms with Crippen LogP contribution >= 0.6 is 11.8 Å². The molecule has 2 aromatic rings. The molecule has 0 saturated heterocycles. The second-order valence-electron chi connectivity index (χ2n) is 7.26. The van der Waals surface area contributed by atoms with E-state index in [9.17, 15) is 4.79 Å². The molecule has 1 atom stereocenters. The van der Waals surface area contributed by atoms with Crippen LogP contribution in [0.2, 0.25) is 0 Å². The molecule has 158 valence electrons. The Morgan fingerprint density at radius 3 is 2.71 bits per heavy atom. The maximum atomic E-state index is 13.0. The zero-order chi connectivity index (χ0) is 21.4. The fraction of sp³-hybridized carbons (Fsp3) is 0.250. The Labute approximate surface area is 185 Å². The zero-order valence-corrected chi connectivity index (χ0v) is 18.1. The quantitative estimate of drug-likeness (QED) is 0.647. The first-order valence-electron chi connectivity index (χ1n) is 10.2. The van der Waals surface area contributed by atoms with E-state index in [0.29, 0.717) is 25.4 Å². The Morgan fingerprint density at radius 1 is 1.16 bits per heavy atom. The summed E-state index contributed by atoms with van der Waals surface area (Å²) in [6.07, 6.45) is 0. The summed E-state index contributed by atoms with van der Waals surface area (Å²) < 4.78 is 16.8. The molecule has 31 heavy (non-hydrogen) atoms. The number of hydrogen-bond acceptors (Lipinski definition) is 7. The first kappa shape index (κ1) is 19.8. The van der Waals surface area contributed by atoms with Crippen molar-refractivity contribution in [3.8, 4) is 11.5 Å². The molecule has 6 nitrogen and oxygen atoms in total. The monoisotopic (exact) mass is 434 g/mol. The van der Waals surface area contributed by atoms with Crippen LogP contribution in [-0.4, -0.2) is 35.9 Å². The van der Waals surface area contributed by atoms with Gasteiger partial charge in [0.25, 0.3) is 0 Å². The van der Waals surface area contributed by atoms with E-state index in [1.54, 1.807) is 11.8 Å². The molecule has 0 spiro atoms. The normalized spacial score (nSPS) is 19.5. The van der Waals surface area contributed by atoms with Gasteiger partial charge in [-0.15, -0.1) is 0 Å². The van der Waals surface area contributed by atoms with Gasteiger partial charge in [0, 0.05) is 16.7 Å². The molecule has 0 aromatic heterocycles. The molecule has 3 heterocycles. The van der Waals surface area contributed by atoms with Gasteiger partial charge < -0.3 is 14.2 Å². The summed E-state index contributed by atoms with van der Waals surface area (Å²) in [5.74, 6) is 1.14. The van der Waals surface area contributed by atoms with Gasteiger partial charge in [-0.3, -0.25) is 4.90 Å². The number of thioether (sulfide) groups is 1. The van der Waals surface area contributed by atoms with Gasteiger partial charge in [0.15, 0.2) is 16.7 Å². The highest BCUT2D eigenvalue weighted by Gasteiger charge is 2.38. The molecule has 1 unspecified atom stereocenters. The van der Waals surface area contributed by atoms with Crippen molar-refractivity contribution in [3.05, 3.63) is 76.3 Å². The van der Waals surface area contributed by atoms with E-state index in [1.807, 2.05) is 67.3 Å². The highest BCUT2D eigenvalue weighted by atomic mass is 32.2. The zero-order valence-electron chi connectivity index (χ0n) is 17.3. The van der Waals surface area contributed by atoms with E-state index >= 15 is 0 Å². The number of fused-ring (bicyclic) bond motifs is 2. The highest BCUT2D eigenvalue weighted by molar-refractivity contribution is 8.16. The SMILES string of the molecule is CCOC(=O)C1=C(C)N2C(c3ccc4c(c3)OCCO4)=CSC2=NC1c1ccccc1. The van der Waals surface area contributed by atoms with Crippen molar-refractivity contribution < 1.29 is 19.0 Å². The van der Waals surface area contributed by atoms with Crippen LogP contribution in [0.3, 0.4) is 0 Å². The Morgan fingerprint density at radius 2 is 1.94 bits per heavy atom. The minimum atomic E-state index is -0.396. The minimum absolute atomic E-state index is 0.313. The second-order valence-corrected chi connectivity index (χ2v) is 8.10. The number of ether oxygens (including phenoxy) is 3. The standard InChI is InChI=1S/C24H22N2O4S/c1-3-28-23(27)21-15(2)26-18(17-9-10-19-20(13-17)30-12-11-29-19)14-31-24(26)25-22(21)16-7-5-4-6-8-16/h4-10,13-14,22H,3,11-12H2,1-2H3. The molecule has 0 N–H and O–H groups in total. The Hall–Kier alpha value is -3.19. The molecule has 0 fully saturated rings. The number of esters is 1. The van der Waals surface area contributed by atoms with Crippen LogP contribution < -0.4 is 9.47 Å². The Kier molecular flexibility index (Phi) is 5.19. The molecule has 0 amide bonds. The lowest BCUT2D eigenvalue weighted by molar-refractivity contribution is -0.139. The Balaban J connectivity index is 1.57. The maximum Gasteiger partial charge on any atom is 0.338 e. The number of aliphatic imine (C=N–C) groups is 1. The Bertz CT molecular complexity index is 1120. The van der Waals surface area contributed by atoms with Crippen molar-refractivity contribution >= 4 is 28.6 Å². The maximum absolute atomic E-state index is 13.0. The van der Waals surface area contributed by atoms with Crippen LogP contribution in [-0.2, 0) is 9.53 Å². The number of carbonyl (C=O) groups excluding carboxylic acids is 1. The van der Waals surface area contributed by atoms with E-state index in [4.69, 9.17) is 19.2 Å². The lowest BCUT2D eigenvalue weighted by atomic mass is 9.95. The second kappa shape index (κ2) is 8.15. The third-order valence-corrected chi connectivity index (χ3v) is 6.23. The smallest absolute Gasteiger partial charge is 0.338 e. The van der Waals surface area contributed by atoms with E-state index < -0.39 is 6.04 Å².